The van der Waals surface area contributed by atoms with Gasteiger partial charge in [-0.3, -0.25) is 4.79 Å². The highest BCUT2D eigenvalue weighted by molar-refractivity contribution is 7.99. The van der Waals surface area contributed by atoms with Crippen LogP contribution in [0.25, 0.3) is 0 Å². The third kappa shape index (κ3) is 3.32. The summed E-state index contributed by atoms with van der Waals surface area (Å²) in [6.45, 7) is 0. The number of hydrogen-bond acceptors (Lipinski definition) is 5. The van der Waals surface area contributed by atoms with E-state index >= 15 is 0 Å². The van der Waals surface area contributed by atoms with Gasteiger partial charge in [-0.25, -0.2) is 4.98 Å². The van der Waals surface area contributed by atoms with Gasteiger partial charge < -0.3 is 16.8 Å². The van der Waals surface area contributed by atoms with E-state index in [1.54, 1.807) is 6.07 Å². The maximum atomic E-state index is 11.3. The van der Waals surface area contributed by atoms with Gasteiger partial charge in [-0.2, -0.15) is 11.8 Å². The SMILES string of the molecule is CSC1CCCCC1Nc1cc(C(N)=O)c(N)cn1. The van der Waals surface area contributed by atoms with E-state index in [0.29, 0.717) is 28.4 Å². The van der Waals surface area contributed by atoms with Crippen molar-refractivity contribution in [3.8, 4) is 0 Å². The van der Waals surface area contributed by atoms with Gasteiger partial charge in [-0.1, -0.05) is 12.8 Å². The molecule has 5 N–H and O–H groups in total. The lowest BCUT2D eigenvalue weighted by molar-refractivity contribution is 0.100. The molecule has 1 aliphatic carbocycles. The average Bonchev–Trinajstić information content (AvgIpc) is 2.41. The molecule has 0 aliphatic heterocycles. The maximum Gasteiger partial charge on any atom is 0.250 e. The molecule has 2 rings (SSSR count). The molecule has 1 fully saturated rings. The van der Waals surface area contributed by atoms with Crippen molar-refractivity contribution in [1.82, 2.24) is 4.98 Å². The Bertz CT molecular complexity index is 466. The van der Waals surface area contributed by atoms with Crippen LogP contribution in [0.4, 0.5) is 11.5 Å². The average molecular weight is 280 g/mol. The van der Waals surface area contributed by atoms with Gasteiger partial charge in [0.1, 0.15) is 5.82 Å². The number of nitrogen functional groups attached to an aromatic ring is 1. The van der Waals surface area contributed by atoms with Gasteiger partial charge in [-0.05, 0) is 25.2 Å². The zero-order chi connectivity index (χ0) is 13.8. The minimum atomic E-state index is -0.520. The number of carbonyl (C=O) groups excluding carboxylic acids is 1. The van der Waals surface area contributed by atoms with E-state index in [1.165, 1.54) is 25.5 Å². The van der Waals surface area contributed by atoms with Crippen molar-refractivity contribution >= 4 is 29.2 Å². The first-order chi connectivity index (χ1) is 9.11. The molecule has 1 heterocycles. The van der Waals surface area contributed by atoms with Crippen LogP contribution in [0.3, 0.4) is 0 Å². The Morgan fingerprint density at radius 2 is 2.21 bits per heavy atom. The molecule has 5 nitrogen and oxygen atoms in total. The normalized spacial score (nSPS) is 23.0. The van der Waals surface area contributed by atoms with Crippen molar-refractivity contribution in [2.24, 2.45) is 5.73 Å². The molecule has 2 unspecified atom stereocenters. The molecule has 1 aliphatic rings. The zero-order valence-electron chi connectivity index (χ0n) is 11.1. The Morgan fingerprint density at radius 3 is 2.89 bits per heavy atom. The predicted molar refractivity (Wildman–Crippen MR) is 80.3 cm³/mol. The summed E-state index contributed by atoms with van der Waals surface area (Å²) in [5.74, 6) is 0.155. The second-order valence-electron chi connectivity index (χ2n) is 4.83. The van der Waals surface area contributed by atoms with Crippen molar-refractivity contribution < 1.29 is 4.79 Å². The Kier molecular flexibility index (Phi) is 4.52. The minimum Gasteiger partial charge on any atom is -0.397 e. The number of primary amides is 1. The van der Waals surface area contributed by atoms with Crippen LogP contribution in [0.1, 0.15) is 36.0 Å². The first kappa shape index (κ1) is 14.0. The Labute approximate surface area is 117 Å². The molecule has 19 heavy (non-hydrogen) atoms. The number of nitrogens with one attached hydrogen (secondary N) is 1. The molecule has 1 saturated carbocycles. The second kappa shape index (κ2) is 6.14. The highest BCUT2D eigenvalue weighted by Crippen LogP contribution is 2.29. The third-order valence-electron chi connectivity index (χ3n) is 3.54. The first-order valence-corrected chi connectivity index (χ1v) is 7.75. The minimum absolute atomic E-state index is 0.322. The molecule has 0 bridgehead atoms. The Hall–Kier alpha value is -1.43. The summed E-state index contributed by atoms with van der Waals surface area (Å²) in [5, 5.41) is 4.00. The number of amides is 1. The summed E-state index contributed by atoms with van der Waals surface area (Å²) < 4.78 is 0. The van der Waals surface area contributed by atoms with Crippen LogP contribution in [-0.2, 0) is 0 Å². The van der Waals surface area contributed by atoms with Crippen molar-refractivity contribution in [3.63, 3.8) is 0 Å². The van der Waals surface area contributed by atoms with Crippen LogP contribution in [0.5, 0.6) is 0 Å². The zero-order valence-corrected chi connectivity index (χ0v) is 11.9. The van der Waals surface area contributed by atoms with E-state index in [-0.39, 0.29) is 0 Å². The molecule has 2 atom stereocenters. The van der Waals surface area contributed by atoms with Gasteiger partial charge in [0.2, 0.25) is 0 Å². The number of aromatic nitrogens is 1. The van der Waals surface area contributed by atoms with E-state index in [9.17, 15) is 4.79 Å². The topological polar surface area (TPSA) is 94.0 Å². The summed E-state index contributed by atoms with van der Waals surface area (Å²) in [6.07, 6.45) is 8.48. The van der Waals surface area contributed by atoms with Crippen LogP contribution >= 0.6 is 11.8 Å². The fourth-order valence-corrected chi connectivity index (χ4v) is 3.43. The van der Waals surface area contributed by atoms with Crippen molar-refractivity contribution in [2.75, 3.05) is 17.3 Å². The van der Waals surface area contributed by atoms with Crippen molar-refractivity contribution in [3.05, 3.63) is 17.8 Å². The number of hydrogen-bond donors (Lipinski definition) is 3. The lowest BCUT2D eigenvalue weighted by Crippen LogP contribution is -2.34. The highest BCUT2D eigenvalue weighted by Gasteiger charge is 2.24. The monoisotopic (exact) mass is 280 g/mol. The Morgan fingerprint density at radius 1 is 1.47 bits per heavy atom. The first-order valence-electron chi connectivity index (χ1n) is 6.46. The number of thioether (sulfide) groups is 1. The standard InChI is InChI=1S/C13H20N4OS/c1-19-11-5-3-2-4-10(11)17-12-6-8(13(15)18)9(14)7-16-12/h6-7,10-11H,2-5,14H2,1H3,(H2,15,18)(H,16,17). The number of pyridine rings is 1. The Balaban J connectivity index is 2.14. The lowest BCUT2D eigenvalue weighted by Gasteiger charge is -2.31. The molecule has 1 aromatic heterocycles. The molecule has 0 saturated heterocycles. The highest BCUT2D eigenvalue weighted by atomic mass is 32.2. The summed E-state index contributed by atoms with van der Waals surface area (Å²) in [6, 6.07) is 2.03. The molecular formula is C13H20N4OS. The quantitative estimate of drug-likeness (QED) is 0.782. The number of nitrogens with two attached hydrogens (primary N) is 2. The van der Waals surface area contributed by atoms with Gasteiger partial charge in [0.15, 0.2) is 0 Å². The van der Waals surface area contributed by atoms with Gasteiger partial charge >= 0.3 is 0 Å². The van der Waals surface area contributed by atoms with Crippen LogP contribution in [0.15, 0.2) is 12.3 Å². The van der Waals surface area contributed by atoms with Crippen LogP contribution in [-0.4, -0.2) is 28.4 Å². The molecule has 0 spiro atoms. The summed E-state index contributed by atoms with van der Waals surface area (Å²) in [4.78, 5) is 15.5. The van der Waals surface area contributed by atoms with E-state index in [2.05, 4.69) is 16.6 Å². The molecule has 0 aromatic carbocycles. The summed E-state index contributed by atoms with van der Waals surface area (Å²) in [5.41, 5.74) is 11.6. The van der Waals surface area contributed by atoms with E-state index in [1.807, 2.05) is 11.8 Å². The molecule has 1 amide bonds. The number of rotatable bonds is 4. The van der Waals surface area contributed by atoms with Gasteiger partial charge in [0.25, 0.3) is 5.91 Å². The van der Waals surface area contributed by atoms with E-state index < -0.39 is 5.91 Å². The summed E-state index contributed by atoms with van der Waals surface area (Å²) in [7, 11) is 0. The molecule has 6 heteroatoms. The van der Waals surface area contributed by atoms with Gasteiger partial charge in [0.05, 0.1) is 17.4 Å². The molecule has 104 valence electrons. The lowest BCUT2D eigenvalue weighted by atomic mass is 9.95. The predicted octanol–water partition coefficient (Wildman–Crippen LogP) is 1.85. The summed E-state index contributed by atoms with van der Waals surface area (Å²) >= 11 is 1.88. The number of carbonyl (C=O) groups is 1. The largest absolute Gasteiger partial charge is 0.397 e. The fourth-order valence-electron chi connectivity index (χ4n) is 2.49. The van der Waals surface area contributed by atoms with E-state index in [0.717, 1.165) is 6.42 Å². The van der Waals surface area contributed by atoms with E-state index in [4.69, 9.17) is 11.5 Å². The second-order valence-corrected chi connectivity index (χ2v) is 5.91. The third-order valence-corrected chi connectivity index (χ3v) is 4.71. The smallest absolute Gasteiger partial charge is 0.250 e. The van der Waals surface area contributed by atoms with Crippen LogP contribution in [0, 0.1) is 0 Å². The fraction of sp³-hybridized carbons (Fsp3) is 0.538. The van der Waals surface area contributed by atoms with Crippen molar-refractivity contribution in [2.45, 2.75) is 37.0 Å². The number of nitrogens with zero attached hydrogens (tertiary/aromatic N) is 1. The molecule has 1 aromatic rings. The van der Waals surface area contributed by atoms with Gasteiger partial charge in [0, 0.05) is 11.3 Å². The van der Waals surface area contributed by atoms with Crippen LogP contribution in [0.2, 0.25) is 0 Å². The molecular weight excluding hydrogens is 260 g/mol. The maximum absolute atomic E-state index is 11.3. The molecule has 0 radical (unpaired) electrons. The van der Waals surface area contributed by atoms with Crippen LogP contribution < -0.4 is 16.8 Å². The van der Waals surface area contributed by atoms with Gasteiger partial charge in [-0.15, -0.1) is 0 Å². The van der Waals surface area contributed by atoms with Crippen molar-refractivity contribution in [1.29, 1.82) is 0 Å². The number of anilines is 2.